The zero-order valence-electron chi connectivity index (χ0n) is 14.9. The highest BCUT2D eigenvalue weighted by Crippen LogP contribution is 2.30. The van der Waals surface area contributed by atoms with Crippen LogP contribution in [0.25, 0.3) is 22.4 Å². The van der Waals surface area contributed by atoms with E-state index in [2.05, 4.69) is 15.4 Å². The van der Waals surface area contributed by atoms with Gasteiger partial charge in [0.05, 0.1) is 13.2 Å². The fraction of sp³-hybridized carbons (Fsp3) is 0.158. The Morgan fingerprint density at radius 3 is 2.96 bits per heavy atom. The zero-order valence-corrected chi connectivity index (χ0v) is 15.7. The second-order valence-corrected chi connectivity index (χ2v) is 6.77. The summed E-state index contributed by atoms with van der Waals surface area (Å²) in [6.45, 7) is 0.592. The average Bonchev–Trinajstić information content (AvgIpc) is 3.33. The van der Waals surface area contributed by atoms with Crippen LogP contribution in [0.3, 0.4) is 0 Å². The Balaban J connectivity index is 1.52. The van der Waals surface area contributed by atoms with Gasteiger partial charge in [-0.15, -0.1) is 11.3 Å². The fourth-order valence-electron chi connectivity index (χ4n) is 2.62. The Morgan fingerprint density at radius 1 is 1.29 bits per heavy atom. The van der Waals surface area contributed by atoms with Crippen LogP contribution in [-0.4, -0.2) is 34.4 Å². The van der Waals surface area contributed by atoms with E-state index in [1.165, 1.54) is 35.3 Å². The van der Waals surface area contributed by atoms with Crippen molar-refractivity contribution >= 4 is 33.3 Å². The summed E-state index contributed by atoms with van der Waals surface area (Å²) in [6, 6.07) is 12.3. The molecule has 0 aliphatic carbocycles. The molecule has 0 saturated carbocycles. The van der Waals surface area contributed by atoms with Crippen LogP contribution in [0, 0.1) is 0 Å². The second kappa shape index (κ2) is 7.75. The number of carbonyl (C=O) groups is 1. The molecule has 0 spiro atoms. The second-order valence-electron chi connectivity index (χ2n) is 5.91. The molecule has 0 radical (unpaired) electrons. The number of benzene rings is 1. The molecule has 8 nitrogen and oxygen atoms in total. The van der Waals surface area contributed by atoms with Crippen LogP contribution in [0.15, 0.2) is 57.1 Å². The molecule has 1 amide bonds. The topological polar surface area (TPSA) is 99.2 Å². The van der Waals surface area contributed by atoms with Crippen molar-refractivity contribution in [2.45, 2.75) is 6.54 Å². The molecule has 0 fully saturated rings. The maximum Gasteiger partial charge on any atom is 0.277 e. The van der Waals surface area contributed by atoms with Gasteiger partial charge in [0.1, 0.15) is 17.0 Å². The standard InChI is InChI=1S/C19H16N4O4S/c1-26-9-8-23-17(24)7-6-13(22-23)18(25)21-19-20-14(11-28-19)16-10-12-4-2-3-5-15(12)27-16/h2-7,10-11H,8-9H2,1H3,(H,20,21,25). The van der Waals surface area contributed by atoms with E-state index in [9.17, 15) is 9.59 Å². The largest absolute Gasteiger partial charge is 0.454 e. The number of carbonyl (C=O) groups excluding carboxylic acids is 1. The summed E-state index contributed by atoms with van der Waals surface area (Å²) in [6.07, 6.45) is 0. The molecule has 142 valence electrons. The van der Waals surface area contributed by atoms with Crippen LogP contribution in [0.1, 0.15) is 10.5 Å². The molecular weight excluding hydrogens is 380 g/mol. The molecule has 0 bridgehead atoms. The maximum absolute atomic E-state index is 12.5. The number of nitrogens with zero attached hydrogens (tertiary/aromatic N) is 3. The van der Waals surface area contributed by atoms with E-state index in [1.807, 2.05) is 30.3 Å². The lowest BCUT2D eigenvalue weighted by atomic mass is 10.2. The smallest absolute Gasteiger partial charge is 0.277 e. The highest BCUT2D eigenvalue weighted by molar-refractivity contribution is 7.14. The van der Waals surface area contributed by atoms with E-state index in [-0.39, 0.29) is 17.8 Å². The highest BCUT2D eigenvalue weighted by atomic mass is 32.1. The normalized spacial score (nSPS) is 11.0. The third kappa shape index (κ3) is 3.71. The molecule has 0 aliphatic heterocycles. The quantitative estimate of drug-likeness (QED) is 0.538. The zero-order chi connectivity index (χ0) is 19.5. The van der Waals surface area contributed by atoms with E-state index >= 15 is 0 Å². The first-order valence-electron chi connectivity index (χ1n) is 8.47. The molecule has 1 aromatic carbocycles. The van der Waals surface area contributed by atoms with Crippen LogP contribution >= 0.6 is 11.3 Å². The van der Waals surface area contributed by atoms with E-state index in [0.29, 0.717) is 23.2 Å². The van der Waals surface area contributed by atoms with Crippen LogP contribution < -0.4 is 10.9 Å². The average molecular weight is 396 g/mol. The Kier molecular flexibility index (Phi) is 5.00. The number of rotatable bonds is 6. The third-order valence-corrected chi connectivity index (χ3v) is 4.77. The van der Waals surface area contributed by atoms with Gasteiger partial charge in [0.2, 0.25) is 0 Å². The molecule has 9 heteroatoms. The van der Waals surface area contributed by atoms with E-state index in [0.717, 1.165) is 11.0 Å². The third-order valence-electron chi connectivity index (χ3n) is 4.01. The van der Waals surface area contributed by atoms with Gasteiger partial charge in [-0.05, 0) is 18.2 Å². The van der Waals surface area contributed by atoms with Crippen molar-refractivity contribution < 1.29 is 13.9 Å². The Bertz CT molecular complexity index is 1160. The number of anilines is 1. The Hall–Kier alpha value is -3.30. The lowest BCUT2D eigenvalue weighted by Gasteiger charge is -2.06. The summed E-state index contributed by atoms with van der Waals surface area (Å²) in [4.78, 5) is 28.7. The fourth-order valence-corrected chi connectivity index (χ4v) is 3.32. The Labute approximate surface area is 163 Å². The van der Waals surface area contributed by atoms with Crippen LogP contribution in [0.4, 0.5) is 5.13 Å². The summed E-state index contributed by atoms with van der Waals surface area (Å²) in [5.74, 6) is 0.181. The molecule has 4 rings (SSSR count). The van der Waals surface area contributed by atoms with E-state index < -0.39 is 5.91 Å². The number of fused-ring (bicyclic) bond motifs is 1. The molecule has 28 heavy (non-hydrogen) atoms. The first-order chi connectivity index (χ1) is 13.6. The van der Waals surface area contributed by atoms with Gasteiger partial charge in [-0.25, -0.2) is 9.67 Å². The van der Waals surface area contributed by atoms with Crippen molar-refractivity contribution in [3.05, 3.63) is 63.9 Å². The minimum Gasteiger partial charge on any atom is -0.454 e. The lowest BCUT2D eigenvalue weighted by Crippen LogP contribution is -2.27. The number of methoxy groups -OCH3 is 1. The predicted octanol–water partition coefficient (Wildman–Crippen LogP) is 3.01. The molecule has 0 unspecified atom stereocenters. The molecular formula is C19H16N4O4S. The van der Waals surface area contributed by atoms with Gasteiger partial charge in [-0.1, -0.05) is 18.2 Å². The number of ether oxygens (including phenoxy) is 1. The highest BCUT2D eigenvalue weighted by Gasteiger charge is 2.14. The number of aromatic nitrogens is 3. The van der Waals surface area contributed by atoms with Crippen molar-refractivity contribution in [2.24, 2.45) is 0 Å². The number of furan rings is 1. The van der Waals surface area contributed by atoms with Gasteiger partial charge >= 0.3 is 0 Å². The molecule has 1 N–H and O–H groups in total. The number of amides is 1. The molecule has 4 aromatic rings. The molecule has 0 aliphatic rings. The van der Waals surface area contributed by atoms with Gasteiger partial charge in [0, 0.05) is 23.9 Å². The van der Waals surface area contributed by atoms with Crippen molar-refractivity contribution in [3.8, 4) is 11.5 Å². The van der Waals surface area contributed by atoms with E-state index in [1.54, 1.807) is 5.38 Å². The van der Waals surface area contributed by atoms with Gasteiger partial charge in [0.15, 0.2) is 10.9 Å². The van der Waals surface area contributed by atoms with Crippen molar-refractivity contribution in [3.63, 3.8) is 0 Å². The SMILES string of the molecule is COCCn1nc(C(=O)Nc2nc(-c3cc4ccccc4o3)cs2)ccc1=O. The summed E-state index contributed by atoms with van der Waals surface area (Å²) < 4.78 is 11.9. The minimum absolute atomic E-state index is 0.121. The van der Waals surface area contributed by atoms with Crippen molar-refractivity contribution in [1.82, 2.24) is 14.8 Å². The summed E-state index contributed by atoms with van der Waals surface area (Å²) in [7, 11) is 1.53. The van der Waals surface area contributed by atoms with Crippen LogP contribution in [0.2, 0.25) is 0 Å². The molecule has 3 aromatic heterocycles. The van der Waals surface area contributed by atoms with Gasteiger partial charge in [-0.2, -0.15) is 5.10 Å². The summed E-state index contributed by atoms with van der Waals surface area (Å²) in [5.41, 5.74) is 1.24. The predicted molar refractivity (Wildman–Crippen MR) is 106 cm³/mol. The summed E-state index contributed by atoms with van der Waals surface area (Å²) in [5, 5.41) is 9.98. The first-order valence-corrected chi connectivity index (χ1v) is 9.35. The van der Waals surface area contributed by atoms with Crippen molar-refractivity contribution in [1.29, 1.82) is 0 Å². The van der Waals surface area contributed by atoms with Gasteiger partial charge in [-0.3, -0.25) is 14.9 Å². The van der Waals surface area contributed by atoms with Crippen LogP contribution in [-0.2, 0) is 11.3 Å². The Morgan fingerprint density at radius 2 is 2.14 bits per heavy atom. The number of para-hydroxylation sites is 1. The lowest BCUT2D eigenvalue weighted by molar-refractivity contribution is 0.101. The molecule has 0 atom stereocenters. The monoisotopic (exact) mass is 396 g/mol. The van der Waals surface area contributed by atoms with Crippen molar-refractivity contribution in [2.75, 3.05) is 19.0 Å². The minimum atomic E-state index is -0.448. The molecule has 3 heterocycles. The van der Waals surface area contributed by atoms with E-state index in [4.69, 9.17) is 9.15 Å². The first kappa shape index (κ1) is 18.1. The maximum atomic E-state index is 12.5. The number of nitrogens with one attached hydrogen (secondary N) is 1. The summed E-state index contributed by atoms with van der Waals surface area (Å²) >= 11 is 1.28. The molecule has 0 saturated heterocycles. The number of hydrogen-bond acceptors (Lipinski definition) is 7. The van der Waals surface area contributed by atoms with Crippen LogP contribution in [0.5, 0.6) is 0 Å². The van der Waals surface area contributed by atoms with Gasteiger partial charge in [0.25, 0.3) is 11.5 Å². The van der Waals surface area contributed by atoms with Gasteiger partial charge < -0.3 is 9.15 Å². The number of hydrogen-bond donors (Lipinski definition) is 1. The number of thiazole rings is 1.